The number of phenolic OH excluding ortho intramolecular Hbond substituents is 4. The van der Waals surface area contributed by atoms with Crippen molar-refractivity contribution in [2.75, 3.05) is 13.2 Å². The third-order valence-electron chi connectivity index (χ3n) is 2.62. The molecule has 2 rings (SSSR count). The fourth-order valence-corrected chi connectivity index (χ4v) is 1.55. The quantitative estimate of drug-likeness (QED) is 0.354. The minimum atomic E-state index is -0.786. The van der Waals surface area contributed by atoms with E-state index in [1.54, 1.807) is 6.92 Å². The predicted molar refractivity (Wildman–Crippen MR) is 57.7 cm³/mol. The Morgan fingerprint density at radius 2 is 1.71 bits per heavy atom. The first kappa shape index (κ1) is 11.7. The molecule has 6 nitrogen and oxygen atoms in total. The molecule has 17 heavy (non-hydrogen) atoms. The fourth-order valence-electron chi connectivity index (χ4n) is 1.55. The van der Waals surface area contributed by atoms with Crippen molar-refractivity contribution in [1.29, 1.82) is 0 Å². The smallest absolute Gasteiger partial charge is 0.208 e. The van der Waals surface area contributed by atoms with Gasteiger partial charge in [0.2, 0.25) is 17.2 Å². The summed E-state index contributed by atoms with van der Waals surface area (Å²) in [6.07, 6.45) is 0.325. The summed E-state index contributed by atoms with van der Waals surface area (Å²) in [5.74, 6) is -2.59. The number of benzene rings is 1. The Kier molecular flexibility index (Phi) is 2.89. The second-order valence-electron chi connectivity index (χ2n) is 3.82. The normalized spacial score (nSPS) is 18.1. The van der Waals surface area contributed by atoms with Crippen molar-refractivity contribution in [2.24, 2.45) is 0 Å². The zero-order valence-corrected chi connectivity index (χ0v) is 9.30. The summed E-state index contributed by atoms with van der Waals surface area (Å²) in [7, 11) is 0. The van der Waals surface area contributed by atoms with Gasteiger partial charge in [0.05, 0.1) is 6.61 Å². The van der Waals surface area contributed by atoms with Crippen LogP contribution in [0.2, 0.25) is 0 Å². The van der Waals surface area contributed by atoms with Crippen molar-refractivity contribution in [2.45, 2.75) is 19.4 Å². The predicted octanol–water partition coefficient (Wildman–Crippen LogP) is 0.849. The molecular formula is C11H14O6. The Balaban J connectivity index is 2.38. The minimum absolute atomic E-state index is 0.0165. The molecule has 0 spiro atoms. The Labute approximate surface area is 97.7 Å². The van der Waals surface area contributed by atoms with Crippen LogP contribution in [0.5, 0.6) is 28.7 Å². The summed E-state index contributed by atoms with van der Waals surface area (Å²) in [6, 6.07) is 0. The highest BCUT2D eigenvalue weighted by molar-refractivity contribution is 5.67. The van der Waals surface area contributed by atoms with Gasteiger partial charge in [-0.3, -0.25) is 0 Å². The lowest BCUT2D eigenvalue weighted by molar-refractivity contribution is 0.244. The molecule has 1 aromatic carbocycles. The van der Waals surface area contributed by atoms with Crippen LogP contribution in [-0.2, 0) is 11.2 Å². The van der Waals surface area contributed by atoms with Crippen LogP contribution in [0.4, 0.5) is 0 Å². The number of aromatic hydroxyl groups is 4. The highest BCUT2D eigenvalue weighted by Crippen LogP contribution is 2.51. The van der Waals surface area contributed by atoms with Gasteiger partial charge in [0, 0.05) is 5.56 Å². The van der Waals surface area contributed by atoms with Crippen molar-refractivity contribution in [1.82, 2.24) is 0 Å². The van der Waals surface area contributed by atoms with Gasteiger partial charge in [-0.15, -0.1) is 0 Å². The van der Waals surface area contributed by atoms with Crippen molar-refractivity contribution in [3.63, 3.8) is 0 Å². The van der Waals surface area contributed by atoms with Gasteiger partial charge in [-0.25, -0.2) is 0 Å². The highest BCUT2D eigenvalue weighted by atomic mass is 16.6. The molecule has 1 unspecified atom stereocenters. The van der Waals surface area contributed by atoms with Crippen LogP contribution in [0, 0.1) is 0 Å². The monoisotopic (exact) mass is 242 g/mol. The number of hydrogen-bond acceptors (Lipinski definition) is 6. The Morgan fingerprint density at radius 3 is 2.24 bits per heavy atom. The highest BCUT2D eigenvalue weighted by Gasteiger charge is 2.27. The lowest BCUT2D eigenvalue weighted by Crippen LogP contribution is -2.06. The van der Waals surface area contributed by atoms with Gasteiger partial charge < -0.3 is 29.9 Å². The fraction of sp³-hybridized carbons (Fsp3) is 0.455. The number of phenols is 4. The summed E-state index contributed by atoms with van der Waals surface area (Å²) >= 11 is 0. The lowest BCUT2D eigenvalue weighted by atomic mass is 10.1. The summed E-state index contributed by atoms with van der Waals surface area (Å²) in [5, 5.41) is 38.1. The van der Waals surface area contributed by atoms with E-state index >= 15 is 0 Å². The summed E-state index contributed by atoms with van der Waals surface area (Å²) in [6.45, 7) is 2.55. The zero-order chi connectivity index (χ0) is 12.6. The van der Waals surface area contributed by atoms with Gasteiger partial charge >= 0.3 is 0 Å². The van der Waals surface area contributed by atoms with Gasteiger partial charge in [-0.2, -0.15) is 0 Å². The van der Waals surface area contributed by atoms with Crippen molar-refractivity contribution >= 4 is 0 Å². The van der Waals surface area contributed by atoms with Crippen LogP contribution in [0.3, 0.4) is 0 Å². The van der Waals surface area contributed by atoms with Crippen LogP contribution in [0.15, 0.2) is 0 Å². The standard InChI is InChI=1S/C11H14O6/c1-2-6-7(12)8(13)9(14)10(15)11(6)17-4-5-3-16-5/h5,12-15H,2-4H2,1H3. The minimum Gasteiger partial charge on any atom is -0.504 e. The SMILES string of the molecule is CCc1c(O)c(O)c(O)c(O)c1OCC1CO1. The molecule has 1 fully saturated rings. The molecular weight excluding hydrogens is 228 g/mol. The molecule has 1 aliphatic rings. The average molecular weight is 242 g/mol. The molecule has 94 valence electrons. The van der Waals surface area contributed by atoms with Crippen LogP contribution in [0.1, 0.15) is 12.5 Å². The molecule has 6 heteroatoms. The largest absolute Gasteiger partial charge is 0.504 e. The van der Waals surface area contributed by atoms with Gasteiger partial charge in [0.25, 0.3) is 0 Å². The molecule has 0 saturated carbocycles. The molecule has 1 aliphatic heterocycles. The van der Waals surface area contributed by atoms with E-state index in [-0.39, 0.29) is 24.0 Å². The first-order valence-electron chi connectivity index (χ1n) is 5.29. The molecule has 4 N–H and O–H groups in total. The molecule has 1 saturated heterocycles. The second-order valence-corrected chi connectivity index (χ2v) is 3.82. The Hall–Kier alpha value is -1.82. The molecule has 0 bridgehead atoms. The zero-order valence-electron chi connectivity index (χ0n) is 9.30. The lowest BCUT2D eigenvalue weighted by Gasteiger charge is -2.15. The van der Waals surface area contributed by atoms with E-state index in [4.69, 9.17) is 9.47 Å². The van der Waals surface area contributed by atoms with Crippen molar-refractivity contribution < 1.29 is 29.9 Å². The molecule has 1 atom stereocenters. The molecule has 0 radical (unpaired) electrons. The van der Waals surface area contributed by atoms with Gasteiger partial charge in [0.1, 0.15) is 12.7 Å². The maximum absolute atomic E-state index is 9.66. The second kappa shape index (κ2) is 4.21. The van der Waals surface area contributed by atoms with Crippen LogP contribution in [-0.4, -0.2) is 39.7 Å². The molecule has 0 aliphatic carbocycles. The number of ether oxygens (including phenoxy) is 2. The maximum Gasteiger partial charge on any atom is 0.208 e. The number of rotatable bonds is 4. The van der Waals surface area contributed by atoms with Crippen LogP contribution >= 0.6 is 0 Å². The summed E-state index contributed by atoms with van der Waals surface area (Å²) in [5.41, 5.74) is 0.249. The van der Waals surface area contributed by atoms with E-state index in [1.807, 2.05) is 0 Å². The Bertz CT molecular complexity index is 438. The third-order valence-corrected chi connectivity index (χ3v) is 2.62. The van der Waals surface area contributed by atoms with Crippen molar-refractivity contribution in [3.05, 3.63) is 5.56 Å². The number of epoxide rings is 1. The van der Waals surface area contributed by atoms with Gasteiger partial charge in [-0.05, 0) is 6.42 Å². The molecule has 1 aromatic rings. The molecule has 0 aromatic heterocycles. The topological polar surface area (TPSA) is 103 Å². The van der Waals surface area contributed by atoms with Gasteiger partial charge in [-0.1, -0.05) is 6.92 Å². The van der Waals surface area contributed by atoms with E-state index in [0.717, 1.165) is 0 Å². The first-order chi connectivity index (χ1) is 8.06. The van der Waals surface area contributed by atoms with E-state index in [2.05, 4.69) is 0 Å². The summed E-state index contributed by atoms with van der Waals surface area (Å²) < 4.78 is 10.2. The van der Waals surface area contributed by atoms with E-state index in [0.29, 0.717) is 13.0 Å². The van der Waals surface area contributed by atoms with E-state index in [9.17, 15) is 20.4 Å². The average Bonchev–Trinajstić information content (AvgIpc) is 3.13. The number of hydrogen-bond donors (Lipinski definition) is 4. The van der Waals surface area contributed by atoms with Crippen LogP contribution in [0.25, 0.3) is 0 Å². The molecule has 1 heterocycles. The van der Waals surface area contributed by atoms with Gasteiger partial charge in [0.15, 0.2) is 11.5 Å². The maximum atomic E-state index is 9.66. The van der Waals surface area contributed by atoms with Crippen molar-refractivity contribution in [3.8, 4) is 28.7 Å². The third kappa shape index (κ3) is 2.03. The first-order valence-corrected chi connectivity index (χ1v) is 5.29. The van der Waals surface area contributed by atoms with Crippen LogP contribution < -0.4 is 4.74 Å². The van der Waals surface area contributed by atoms with E-state index in [1.165, 1.54) is 0 Å². The Morgan fingerprint density at radius 1 is 1.12 bits per heavy atom. The van der Waals surface area contributed by atoms with E-state index < -0.39 is 23.0 Å². The summed E-state index contributed by atoms with van der Waals surface area (Å²) in [4.78, 5) is 0. The molecule has 0 amide bonds.